The molecule has 0 radical (unpaired) electrons. The molecule has 1 atom stereocenters. The molecule has 29 heavy (non-hydrogen) atoms. The van der Waals surface area contributed by atoms with Gasteiger partial charge in [0.1, 0.15) is 0 Å². The Hall–Kier alpha value is -2.92. The number of amides is 2. The van der Waals surface area contributed by atoms with E-state index in [4.69, 9.17) is 0 Å². The van der Waals surface area contributed by atoms with E-state index < -0.39 is 0 Å². The highest BCUT2D eigenvalue weighted by molar-refractivity contribution is 6.22. The van der Waals surface area contributed by atoms with Crippen molar-refractivity contribution in [3.8, 4) is 0 Å². The lowest BCUT2D eigenvalue weighted by molar-refractivity contribution is -0.123. The van der Waals surface area contributed by atoms with Crippen LogP contribution in [0.3, 0.4) is 0 Å². The lowest BCUT2D eigenvalue weighted by atomic mass is 9.88. The summed E-state index contributed by atoms with van der Waals surface area (Å²) < 4.78 is 0. The lowest BCUT2D eigenvalue weighted by Crippen LogP contribution is -2.45. The average molecular weight is 387 g/mol. The fourth-order valence-electron chi connectivity index (χ4n) is 4.82. The van der Waals surface area contributed by atoms with Gasteiger partial charge in [0.25, 0.3) is 5.91 Å². The first-order valence-electron chi connectivity index (χ1n) is 10.4. The van der Waals surface area contributed by atoms with E-state index in [-0.39, 0.29) is 24.3 Å². The standard InChI is InChI=1S/C24H25N3O2/c1-16-6-8-18(9-7-16)27-23(28)14-22(24(27)29)26-12-10-17(11-13-26)20-15-25-21-5-3-2-4-19(20)21/h2-9,15,17,22,25H,10-14H2,1H3/t22-/m1/s1. The van der Waals surface area contributed by atoms with Crippen molar-refractivity contribution in [1.29, 1.82) is 0 Å². The Bertz CT molecular complexity index is 1060. The minimum atomic E-state index is -0.326. The van der Waals surface area contributed by atoms with Crippen LogP contribution in [0.2, 0.25) is 0 Å². The summed E-state index contributed by atoms with van der Waals surface area (Å²) in [6.45, 7) is 3.68. The summed E-state index contributed by atoms with van der Waals surface area (Å²) in [5.41, 5.74) is 4.34. The molecule has 2 aromatic carbocycles. The summed E-state index contributed by atoms with van der Waals surface area (Å²) in [7, 11) is 0. The van der Waals surface area contributed by atoms with Crippen LogP contribution in [0.15, 0.2) is 54.7 Å². The number of benzene rings is 2. The molecule has 5 nitrogen and oxygen atoms in total. The number of anilines is 1. The largest absolute Gasteiger partial charge is 0.361 e. The zero-order valence-electron chi connectivity index (χ0n) is 16.6. The Balaban J connectivity index is 1.29. The number of likely N-dealkylation sites (tertiary alicyclic amines) is 1. The fraction of sp³-hybridized carbons (Fsp3) is 0.333. The highest BCUT2D eigenvalue weighted by Crippen LogP contribution is 2.35. The van der Waals surface area contributed by atoms with Crippen molar-refractivity contribution in [2.75, 3.05) is 18.0 Å². The molecule has 0 bridgehead atoms. The van der Waals surface area contributed by atoms with Crippen molar-refractivity contribution in [3.63, 3.8) is 0 Å². The number of carbonyl (C=O) groups excluding carboxylic acids is 2. The second kappa shape index (κ2) is 7.16. The molecule has 0 unspecified atom stereocenters. The summed E-state index contributed by atoms with van der Waals surface area (Å²) >= 11 is 0. The van der Waals surface area contributed by atoms with Gasteiger partial charge in [-0.1, -0.05) is 35.9 Å². The Kier molecular flexibility index (Phi) is 4.47. The van der Waals surface area contributed by atoms with Gasteiger partial charge in [-0.2, -0.15) is 0 Å². The number of hydrogen-bond acceptors (Lipinski definition) is 3. The number of aromatic nitrogens is 1. The molecule has 1 N–H and O–H groups in total. The molecule has 3 aromatic rings. The Morgan fingerprint density at radius 3 is 2.45 bits per heavy atom. The number of nitrogens with one attached hydrogen (secondary N) is 1. The molecule has 0 aliphatic carbocycles. The van der Waals surface area contributed by atoms with E-state index in [0.29, 0.717) is 11.6 Å². The molecule has 148 valence electrons. The Labute approximate surface area is 170 Å². The van der Waals surface area contributed by atoms with E-state index >= 15 is 0 Å². The fourth-order valence-corrected chi connectivity index (χ4v) is 4.82. The topological polar surface area (TPSA) is 56.4 Å². The first-order valence-corrected chi connectivity index (χ1v) is 10.4. The third kappa shape index (κ3) is 3.15. The second-order valence-corrected chi connectivity index (χ2v) is 8.22. The summed E-state index contributed by atoms with van der Waals surface area (Å²) in [4.78, 5) is 32.6. The zero-order chi connectivity index (χ0) is 20.0. The van der Waals surface area contributed by atoms with Crippen LogP contribution in [0.1, 0.15) is 36.3 Å². The SMILES string of the molecule is Cc1ccc(N2C(=O)C[C@@H](N3CCC(c4c[nH]c5ccccc45)CC3)C2=O)cc1. The quantitative estimate of drug-likeness (QED) is 0.692. The van der Waals surface area contributed by atoms with Gasteiger partial charge in [-0.15, -0.1) is 0 Å². The number of aromatic amines is 1. The zero-order valence-corrected chi connectivity index (χ0v) is 16.6. The molecule has 2 amide bonds. The maximum absolute atomic E-state index is 13.0. The van der Waals surface area contributed by atoms with E-state index in [0.717, 1.165) is 31.5 Å². The molecule has 0 spiro atoms. The molecule has 3 heterocycles. The summed E-state index contributed by atoms with van der Waals surface area (Å²) in [5.74, 6) is 0.315. The van der Waals surface area contributed by atoms with E-state index in [1.165, 1.54) is 21.4 Å². The molecule has 2 aliphatic heterocycles. The second-order valence-electron chi connectivity index (χ2n) is 8.22. The minimum absolute atomic E-state index is 0.0793. The molecular weight excluding hydrogens is 362 g/mol. The molecule has 0 saturated carbocycles. The Morgan fingerprint density at radius 1 is 0.966 bits per heavy atom. The van der Waals surface area contributed by atoms with Gasteiger partial charge < -0.3 is 4.98 Å². The van der Waals surface area contributed by atoms with Crippen LogP contribution in [0.5, 0.6) is 0 Å². The van der Waals surface area contributed by atoms with Crippen molar-refractivity contribution in [2.45, 2.75) is 38.1 Å². The number of fused-ring (bicyclic) bond motifs is 1. The van der Waals surface area contributed by atoms with E-state index in [1.807, 2.05) is 37.3 Å². The number of imide groups is 1. The van der Waals surface area contributed by atoms with E-state index in [9.17, 15) is 9.59 Å². The van der Waals surface area contributed by atoms with Crippen LogP contribution >= 0.6 is 0 Å². The molecule has 2 fully saturated rings. The van der Waals surface area contributed by atoms with Gasteiger partial charge in [0.2, 0.25) is 5.91 Å². The third-order valence-electron chi connectivity index (χ3n) is 6.45. The van der Waals surface area contributed by atoms with Crippen molar-refractivity contribution in [1.82, 2.24) is 9.88 Å². The molecule has 1 aromatic heterocycles. The van der Waals surface area contributed by atoms with Gasteiger partial charge in [0, 0.05) is 17.1 Å². The third-order valence-corrected chi connectivity index (χ3v) is 6.45. The van der Waals surface area contributed by atoms with Crippen LogP contribution in [0.25, 0.3) is 10.9 Å². The van der Waals surface area contributed by atoms with Gasteiger partial charge in [-0.3, -0.25) is 14.5 Å². The van der Waals surface area contributed by atoms with Crippen LogP contribution < -0.4 is 4.90 Å². The van der Waals surface area contributed by atoms with Crippen LogP contribution in [0, 0.1) is 6.92 Å². The lowest BCUT2D eigenvalue weighted by Gasteiger charge is -2.34. The van der Waals surface area contributed by atoms with Gasteiger partial charge in [-0.25, -0.2) is 4.90 Å². The molecule has 2 saturated heterocycles. The van der Waals surface area contributed by atoms with Crippen molar-refractivity contribution in [3.05, 3.63) is 65.9 Å². The predicted octanol–water partition coefficient (Wildman–Crippen LogP) is 3.99. The first-order chi connectivity index (χ1) is 14.1. The average Bonchev–Trinajstić information content (AvgIpc) is 3.30. The van der Waals surface area contributed by atoms with Crippen molar-refractivity contribution >= 4 is 28.4 Å². The smallest absolute Gasteiger partial charge is 0.251 e. The molecule has 5 heteroatoms. The van der Waals surface area contributed by atoms with E-state index in [1.54, 1.807) is 0 Å². The van der Waals surface area contributed by atoms with Crippen molar-refractivity contribution < 1.29 is 9.59 Å². The summed E-state index contributed by atoms with van der Waals surface area (Å²) in [6, 6.07) is 15.7. The number of carbonyl (C=O) groups is 2. The van der Waals surface area contributed by atoms with Crippen LogP contribution in [-0.4, -0.2) is 40.8 Å². The highest BCUT2D eigenvalue weighted by atomic mass is 16.2. The Morgan fingerprint density at radius 2 is 1.69 bits per heavy atom. The number of hydrogen-bond donors (Lipinski definition) is 1. The maximum atomic E-state index is 13.0. The monoisotopic (exact) mass is 387 g/mol. The number of piperidine rings is 1. The van der Waals surface area contributed by atoms with Gasteiger partial charge in [0.15, 0.2) is 0 Å². The van der Waals surface area contributed by atoms with Gasteiger partial charge >= 0.3 is 0 Å². The predicted molar refractivity (Wildman–Crippen MR) is 114 cm³/mol. The van der Waals surface area contributed by atoms with E-state index in [2.05, 4.69) is 34.3 Å². The van der Waals surface area contributed by atoms with Crippen molar-refractivity contribution in [2.24, 2.45) is 0 Å². The molecule has 2 aliphatic rings. The normalized spacial score (nSPS) is 21.4. The highest BCUT2D eigenvalue weighted by Gasteiger charge is 2.43. The first kappa shape index (κ1) is 18.1. The maximum Gasteiger partial charge on any atom is 0.251 e. The summed E-state index contributed by atoms with van der Waals surface area (Å²) in [6.07, 6.45) is 4.42. The van der Waals surface area contributed by atoms with Crippen LogP contribution in [0.4, 0.5) is 5.69 Å². The number of nitrogens with zero attached hydrogens (tertiary/aromatic N) is 2. The molecule has 5 rings (SSSR count). The summed E-state index contributed by atoms with van der Waals surface area (Å²) in [5, 5.41) is 1.30. The number of rotatable bonds is 3. The van der Waals surface area contributed by atoms with Gasteiger partial charge in [-0.05, 0) is 62.5 Å². The van der Waals surface area contributed by atoms with Gasteiger partial charge in [0.05, 0.1) is 18.2 Å². The molecular formula is C24H25N3O2. The number of H-pyrrole nitrogens is 1. The number of aryl methyl sites for hydroxylation is 1. The van der Waals surface area contributed by atoms with Crippen LogP contribution in [-0.2, 0) is 9.59 Å². The number of para-hydroxylation sites is 1. The minimum Gasteiger partial charge on any atom is -0.361 e.